The monoisotopic (exact) mass is 255 g/mol. The molecule has 1 aromatic heterocycles. The van der Waals surface area contributed by atoms with Gasteiger partial charge in [-0.1, -0.05) is 18.2 Å². The Morgan fingerprint density at radius 1 is 1.32 bits per heavy atom. The van der Waals surface area contributed by atoms with Crippen molar-refractivity contribution in [2.75, 3.05) is 12.3 Å². The molecule has 0 fully saturated rings. The number of nitrogens with zero attached hydrogens (tertiary/aromatic N) is 1. The molecule has 2 heterocycles. The molecule has 0 saturated carbocycles. The SMILES string of the molecule is Nc1ccncc1CC(N)C1COc2ccccc21. The van der Waals surface area contributed by atoms with Crippen LogP contribution in [0.3, 0.4) is 0 Å². The first kappa shape index (κ1) is 12.0. The maximum atomic E-state index is 6.33. The average Bonchev–Trinajstić information content (AvgIpc) is 2.85. The van der Waals surface area contributed by atoms with Crippen molar-refractivity contribution in [2.45, 2.75) is 18.4 Å². The molecule has 4 heteroatoms. The minimum atomic E-state index is -0.0184. The van der Waals surface area contributed by atoms with Gasteiger partial charge in [-0.25, -0.2) is 0 Å². The number of aromatic nitrogens is 1. The van der Waals surface area contributed by atoms with Crippen molar-refractivity contribution in [3.05, 3.63) is 53.9 Å². The number of ether oxygens (including phenoxy) is 1. The highest BCUT2D eigenvalue weighted by Crippen LogP contribution is 2.35. The fourth-order valence-corrected chi connectivity index (χ4v) is 2.55. The van der Waals surface area contributed by atoms with E-state index in [1.165, 1.54) is 5.56 Å². The molecule has 1 aliphatic rings. The highest BCUT2D eigenvalue weighted by Gasteiger charge is 2.29. The largest absolute Gasteiger partial charge is 0.493 e. The zero-order valence-electron chi connectivity index (χ0n) is 10.6. The molecule has 1 aromatic carbocycles. The molecule has 4 N–H and O–H groups in total. The lowest BCUT2D eigenvalue weighted by Crippen LogP contribution is -2.32. The van der Waals surface area contributed by atoms with Crippen molar-refractivity contribution in [2.24, 2.45) is 5.73 Å². The number of fused-ring (bicyclic) bond motifs is 1. The van der Waals surface area contributed by atoms with Gasteiger partial charge in [0.1, 0.15) is 5.75 Å². The van der Waals surface area contributed by atoms with E-state index >= 15 is 0 Å². The van der Waals surface area contributed by atoms with Crippen LogP contribution in [-0.2, 0) is 6.42 Å². The summed E-state index contributed by atoms with van der Waals surface area (Å²) in [5.74, 6) is 1.16. The Morgan fingerprint density at radius 3 is 3.00 bits per heavy atom. The van der Waals surface area contributed by atoms with Gasteiger partial charge in [0.15, 0.2) is 0 Å². The van der Waals surface area contributed by atoms with Gasteiger partial charge in [0.05, 0.1) is 6.61 Å². The lowest BCUT2D eigenvalue weighted by Gasteiger charge is -2.19. The predicted octanol–water partition coefficient (Wildman–Crippen LogP) is 1.71. The standard InChI is InChI=1S/C15H17N3O/c16-13-5-6-18-8-10(13)7-14(17)12-9-19-15-4-2-1-3-11(12)15/h1-6,8,12,14H,7,9,17H2,(H2,16,18). The summed E-state index contributed by atoms with van der Waals surface area (Å²) in [7, 11) is 0. The molecule has 2 aromatic rings. The number of hydrogen-bond acceptors (Lipinski definition) is 4. The molecule has 0 saturated heterocycles. The maximum absolute atomic E-state index is 6.33. The lowest BCUT2D eigenvalue weighted by atomic mass is 9.90. The predicted molar refractivity (Wildman–Crippen MR) is 75.0 cm³/mol. The minimum absolute atomic E-state index is 0.0184. The Kier molecular flexibility index (Phi) is 3.09. The van der Waals surface area contributed by atoms with Crippen molar-refractivity contribution >= 4 is 5.69 Å². The third kappa shape index (κ3) is 2.27. The van der Waals surface area contributed by atoms with Gasteiger partial charge in [-0.3, -0.25) is 4.98 Å². The van der Waals surface area contributed by atoms with Crippen LogP contribution in [0, 0.1) is 0 Å². The van der Waals surface area contributed by atoms with E-state index in [9.17, 15) is 0 Å². The number of anilines is 1. The van der Waals surface area contributed by atoms with Gasteiger partial charge >= 0.3 is 0 Å². The van der Waals surface area contributed by atoms with E-state index in [1.807, 2.05) is 18.2 Å². The van der Waals surface area contributed by atoms with Gasteiger partial charge in [-0.2, -0.15) is 0 Å². The highest BCUT2D eigenvalue weighted by molar-refractivity contribution is 5.46. The summed E-state index contributed by atoms with van der Waals surface area (Å²) in [6, 6.07) is 9.86. The van der Waals surface area contributed by atoms with E-state index in [0.29, 0.717) is 13.0 Å². The second kappa shape index (κ2) is 4.90. The van der Waals surface area contributed by atoms with Crippen LogP contribution in [0.1, 0.15) is 17.0 Å². The fraction of sp³-hybridized carbons (Fsp3) is 0.267. The van der Waals surface area contributed by atoms with Crippen LogP contribution in [0.4, 0.5) is 5.69 Å². The molecule has 0 aliphatic carbocycles. The molecule has 3 rings (SSSR count). The van der Waals surface area contributed by atoms with E-state index in [-0.39, 0.29) is 12.0 Å². The molecule has 19 heavy (non-hydrogen) atoms. The van der Waals surface area contributed by atoms with Crippen molar-refractivity contribution in [1.29, 1.82) is 0 Å². The van der Waals surface area contributed by atoms with Gasteiger partial charge in [-0.05, 0) is 24.1 Å². The molecule has 2 unspecified atom stereocenters. The van der Waals surface area contributed by atoms with Gasteiger partial charge in [0.25, 0.3) is 0 Å². The summed E-state index contributed by atoms with van der Waals surface area (Å²) in [5, 5.41) is 0. The quantitative estimate of drug-likeness (QED) is 0.875. The lowest BCUT2D eigenvalue weighted by molar-refractivity contribution is 0.313. The highest BCUT2D eigenvalue weighted by atomic mass is 16.5. The van der Waals surface area contributed by atoms with E-state index < -0.39 is 0 Å². The van der Waals surface area contributed by atoms with E-state index in [0.717, 1.165) is 17.0 Å². The first-order chi connectivity index (χ1) is 9.25. The molecule has 0 spiro atoms. The number of benzene rings is 1. The molecular weight excluding hydrogens is 238 g/mol. The molecule has 0 amide bonds. The summed E-state index contributed by atoms with van der Waals surface area (Å²) < 4.78 is 5.67. The number of pyridine rings is 1. The van der Waals surface area contributed by atoms with E-state index in [2.05, 4.69) is 11.1 Å². The fourth-order valence-electron chi connectivity index (χ4n) is 2.55. The first-order valence-corrected chi connectivity index (χ1v) is 6.41. The zero-order chi connectivity index (χ0) is 13.2. The van der Waals surface area contributed by atoms with E-state index in [4.69, 9.17) is 16.2 Å². The van der Waals surface area contributed by atoms with Crippen LogP contribution in [0.2, 0.25) is 0 Å². The van der Waals surface area contributed by atoms with Crippen molar-refractivity contribution in [3.63, 3.8) is 0 Å². The van der Waals surface area contributed by atoms with Crippen LogP contribution in [0.15, 0.2) is 42.7 Å². The van der Waals surface area contributed by atoms with Gasteiger partial charge in [0, 0.05) is 35.6 Å². The second-order valence-corrected chi connectivity index (χ2v) is 4.90. The number of para-hydroxylation sites is 1. The van der Waals surface area contributed by atoms with Crippen LogP contribution in [-0.4, -0.2) is 17.6 Å². The normalized spacial score (nSPS) is 18.7. The first-order valence-electron chi connectivity index (χ1n) is 6.41. The van der Waals surface area contributed by atoms with Crippen LogP contribution in [0.5, 0.6) is 5.75 Å². The smallest absolute Gasteiger partial charge is 0.122 e. The average molecular weight is 255 g/mol. The van der Waals surface area contributed by atoms with Crippen molar-refractivity contribution in [3.8, 4) is 5.75 Å². The topological polar surface area (TPSA) is 74.2 Å². The summed E-state index contributed by atoms with van der Waals surface area (Å²) in [6.45, 7) is 0.640. The maximum Gasteiger partial charge on any atom is 0.122 e. The van der Waals surface area contributed by atoms with Gasteiger partial charge in [-0.15, -0.1) is 0 Å². The summed E-state index contributed by atoms with van der Waals surface area (Å²) in [4.78, 5) is 4.10. The molecule has 2 atom stereocenters. The van der Waals surface area contributed by atoms with Crippen LogP contribution < -0.4 is 16.2 Å². The Hall–Kier alpha value is -2.07. The second-order valence-electron chi connectivity index (χ2n) is 4.90. The third-order valence-electron chi connectivity index (χ3n) is 3.65. The van der Waals surface area contributed by atoms with Gasteiger partial charge in [0.2, 0.25) is 0 Å². The Balaban J connectivity index is 1.79. The summed E-state index contributed by atoms with van der Waals surface area (Å²) in [6.07, 6.45) is 4.19. The zero-order valence-corrected chi connectivity index (χ0v) is 10.6. The Labute approximate surface area is 112 Å². The molecule has 98 valence electrons. The number of rotatable bonds is 3. The number of nitrogens with two attached hydrogens (primary N) is 2. The Bertz CT molecular complexity index is 585. The number of nitrogen functional groups attached to an aromatic ring is 1. The minimum Gasteiger partial charge on any atom is -0.493 e. The Morgan fingerprint density at radius 2 is 2.16 bits per heavy atom. The molecule has 1 aliphatic heterocycles. The van der Waals surface area contributed by atoms with Crippen LogP contribution in [0.25, 0.3) is 0 Å². The van der Waals surface area contributed by atoms with Crippen LogP contribution >= 0.6 is 0 Å². The van der Waals surface area contributed by atoms with E-state index in [1.54, 1.807) is 18.5 Å². The third-order valence-corrected chi connectivity index (χ3v) is 3.65. The van der Waals surface area contributed by atoms with Gasteiger partial charge < -0.3 is 16.2 Å². The molecule has 4 nitrogen and oxygen atoms in total. The summed E-state index contributed by atoms with van der Waals surface area (Å²) in [5.41, 5.74) is 15.2. The number of hydrogen-bond donors (Lipinski definition) is 2. The van der Waals surface area contributed by atoms with Crippen molar-refractivity contribution < 1.29 is 4.74 Å². The molecular formula is C15H17N3O. The van der Waals surface area contributed by atoms with Crippen molar-refractivity contribution in [1.82, 2.24) is 4.98 Å². The summed E-state index contributed by atoms with van der Waals surface area (Å²) >= 11 is 0. The molecule has 0 bridgehead atoms. The molecule has 0 radical (unpaired) electrons.